The van der Waals surface area contributed by atoms with Crippen LogP contribution in [-0.4, -0.2) is 48.0 Å². The second-order valence-corrected chi connectivity index (χ2v) is 7.77. The van der Waals surface area contributed by atoms with Crippen molar-refractivity contribution in [3.8, 4) is 17.2 Å². The van der Waals surface area contributed by atoms with E-state index in [0.717, 1.165) is 47.7 Å². The minimum atomic E-state index is -0.594. The number of benzene rings is 2. The summed E-state index contributed by atoms with van der Waals surface area (Å²) in [6.07, 6.45) is 1.12. The summed E-state index contributed by atoms with van der Waals surface area (Å²) in [6.45, 7) is 2.29. The van der Waals surface area contributed by atoms with Gasteiger partial charge in [-0.25, -0.2) is 0 Å². The molecule has 3 aliphatic rings. The molecule has 1 saturated heterocycles. The molecule has 5 rings (SSSR count). The number of likely N-dealkylation sites (tertiary alicyclic amines) is 1. The zero-order valence-corrected chi connectivity index (χ0v) is 16.1. The summed E-state index contributed by atoms with van der Waals surface area (Å²) in [6, 6.07) is 11.7. The van der Waals surface area contributed by atoms with Gasteiger partial charge in [-0.1, -0.05) is 18.2 Å². The van der Waals surface area contributed by atoms with E-state index in [-0.39, 0.29) is 18.8 Å². The highest BCUT2D eigenvalue weighted by atomic mass is 16.7. The molecule has 0 radical (unpaired) electrons. The van der Waals surface area contributed by atoms with Crippen LogP contribution in [0.25, 0.3) is 0 Å². The molecule has 2 aromatic rings. The van der Waals surface area contributed by atoms with Crippen LogP contribution < -0.4 is 19.5 Å². The first kappa shape index (κ1) is 18.3. The van der Waals surface area contributed by atoms with Gasteiger partial charge in [0.05, 0.1) is 0 Å². The van der Waals surface area contributed by atoms with Crippen molar-refractivity contribution >= 4 is 11.6 Å². The molecule has 0 saturated carbocycles. The fraction of sp³-hybridized carbons (Fsp3) is 0.409. The predicted molar refractivity (Wildman–Crippen MR) is 106 cm³/mol. The Morgan fingerprint density at radius 1 is 1.21 bits per heavy atom. The number of aryl methyl sites for hydroxylation is 1. The fourth-order valence-corrected chi connectivity index (χ4v) is 4.21. The van der Waals surface area contributed by atoms with Crippen molar-refractivity contribution in [2.45, 2.75) is 38.0 Å². The number of amides is 1. The molecule has 0 aromatic heterocycles. The lowest BCUT2D eigenvalue weighted by Crippen LogP contribution is -2.48. The van der Waals surface area contributed by atoms with Crippen LogP contribution in [-0.2, 0) is 17.8 Å². The smallest absolute Gasteiger partial charge is 0.231 e. The summed E-state index contributed by atoms with van der Waals surface area (Å²) in [4.78, 5) is 13.8. The van der Waals surface area contributed by atoms with Crippen LogP contribution in [0.2, 0.25) is 0 Å². The Kier molecular flexibility index (Phi) is 4.77. The van der Waals surface area contributed by atoms with Gasteiger partial charge in [-0.15, -0.1) is 0 Å². The normalized spacial score (nSPS) is 23.4. The maximum Gasteiger partial charge on any atom is 0.231 e. The number of carbonyl (C=O) groups excluding carboxylic acids is 1. The third kappa shape index (κ3) is 3.75. The van der Waals surface area contributed by atoms with Crippen molar-refractivity contribution in [1.29, 1.82) is 0 Å². The quantitative estimate of drug-likeness (QED) is 0.826. The van der Waals surface area contributed by atoms with E-state index in [1.165, 1.54) is 0 Å². The zero-order chi connectivity index (χ0) is 19.8. The number of rotatable bonds is 4. The number of hydrogen-bond donors (Lipinski definition) is 2. The highest BCUT2D eigenvalue weighted by Gasteiger charge is 2.30. The minimum Gasteiger partial charge on any atom is -0.488 e. The van der Waals surface area contributed by atoms with Gasteiger partial charge in [-0.3, -0.25) is 9.69 Å². The van der Waals surface area contributed by atoms with Gasteiger partial charge in [0.2, 0.25) is 12.7 Å². The monoisotopic (exact) mass is 396 g/mol. The topological polar surface area (TPSA) is 80.3 Å². The highest BCUT2D eigenvalue weighted by Crippen LogP contribution is 2.36. The van der Waals surface area contributed by atoms with E-state index in [1.807, 2.05) is 36.4 Å². The van der Waals surface area contributed by atoms with Crippen LogP contribution in [0.5, 0.6) is 17.2 Å². The van der Waals surface area contributed by atoms with Crippen LogP contribution in [0.3, 0.4) is 0 Å². The second kappa shape index (κ2) is 7.57. The van der Waals surface area contributed by atoms with Crippen LogP contribution in [0.15, 0.2) is 36.4 Å². The van der Waals surface area contributed by atoms with Gasteiger partial charge in [0.1, 0.15) is 18.0 Å². The first-order valence-electron chi connectivity index (χ1n) is 10.0. The van der Waals surface area contributed by atoms with Crippen molar-refractivity contribution in [3.05, 3.63) is 47.5 Å². The summed E-state index contributed by atoms with van der Waals surface area (Å²) in [7, 11) is 0. The molecular formula is C22H24N2O5. The van der Waals surface area contributed by atoms with E-state index in [0.29, 0.717) is 25.3 Å². The van der Waals surface area contributed by atoms with E-state index < -0.39 is 6.10 Å². The molecule has 0 aliphatic carbocycles. The molecule has 3 aliphatic heterocycles. The molecule has 0 spiro atoms. The van der Waals surface area contributed by atoms with Gasteiger partial charge >= 0.3 is 0 Å². The summed E-state index contributed by atoms with van der Waals surface area (Å²) >= 11 is 0. The molecule has 0 unspecified atom stereocenters. The lowest BCUT2D eigenvalue weighted by molar-refractivity contribution is -0.116. The maximum atomic E-state index is 11.6. The Morgan fingerprint density at radius 2 is 2.14 bits per heavy atom. The second-order valence-electron chi connectivity index (χ2n) is 7.77. The number of carbonyl (C=O) groups is 1. The number of β-amino-alcohol motifs (C(OH)–C–C–N with tert-alkyl or cyclic N) is 1. The van der Waals surface area contributed by atoms with E-state index in [2.05, 4.69) is 10.2 Å². The number of nitrogens with zero attached hydrogens (tertiary/aromatic N) is 1. The lowest BCUT2D eigenvalue weighted by atomic mass is 10.0. The minimum absolute atomic E-state index is 0.0322. The van der Waals surface area contributed by atoms with Crippen molar-refractivity contribution in [3.63, 3.8) is 0 Å². The van der Waals surface area contributed by atoms with Gasteiger partial charge < -0.3 is 24.6 Å². The first-order valence-corrected chi connectivity index (χ1v) is 10.0. The number of hydrogen-bond acceptors (Lipinski definition) is 6. The third-order valence-corrected chi connectivity index (χ3v) is 5.74. The van der Waals surface area contributed by atoms with Crippen molar-refractivity contribution in [2.24, 2.45) is 0 Å². The number of aliphatic hydroxyl groups is 1. The maximum absolute atomic E-state index is 11.6. The largest absolute Gasteiger partial charge is 0.488 e. The van der Waals surface area contributed by atoms with Crippen LogP contribution in [0, 0.1) is 0 Å². The van der Waals surface area contributed by atoms with Gasteiger partial charge in [0, 0.05) is 43.4 Å². The molecule has 2 aromatic carbocycles. The first-order chi connectivity index (χ1) is 14.2. The summed E-state index contributed by atoms with van der Waals surface area (Å²) in [5, 5.41) is 13.6. The molecular weight excluding hydrogens is 372 g/mol. The fourth-order valence-electron chi connectivity index (χ4n) is 4.21. The molecule has 152 valence electrons. The van der Waals surface area contributed by atoms with Gasteiger partial charge in [-0.05, 0) is 30.5 Å². The zero-order valence-electron chi connectivity index (χ0n) is 16.1. The number of nitrogens with one attached hydrogen (secondary N) is 1. The van der Waals surface area contributed by atoms with Crippen LogP contribution in [0.1, 0.15) is 24.0 Å². The number of fused-ring (bicyclic) bond motifs is 2. The summed E-state index contributed by atoms with van der Waals surface area (Å²) in [5.74, 6) is 2.29. The Labute approximate surface area is 169 Å². The average Bonchev–Trinajstić information content (AvgIpc) is 3.20. The number of para-hydroxylation sites is 1. The molecule has 1 fully saturated rings. The lowest BCUT2D eigenvalue weighted by Gasteiger charge is -2.36. The van der Waals surface area contributed by atoms with E-state index in [1.54, 1.807) is 0 Å². The molecule has 0 bridgehead atoms. The van der Waals surface area contributed by atoms with Crippen molar-refractivity contribution < 1.29 is 24.1 Å². The van der Waals surface area contributed by atoms with Gasteiger partial charge in [0.15, 0.2) is 11.5 Å². The summed E-state index contributed by atoms with van der Waals surface area (Å²) < 4.78 is 17.1. The summed E-state index contributed by atoms with van der Waals surface area (Å²) in [5.41, 5.74) is 3.00. The van der Waals surface area contributed by atoms with Crippen molar-refractivity contribution in [1.82, 2.24) is 4.90 Å². The standard InChI is InChI=1S/C22H24N2O5/c25-18-12-24(11-15-2-1-3-20-22(15)28-13-27-20)9-8-19(18)29-16-6-4-14-5-7-21(26)23-17(14)10-16/h1-4,6,10,18-19,25H,5,7-9,11-13H2,(H,23,26)/t18-,19-/m1/s1. The highest BCUT2D eigenvalue weighted by molar-refractivity contribution is 5.94. The molecule has 3 heterocycles. The molecule has 1 amide bonds. The average molecular weight is 396 g/mol. The molecule has 2 N–H and O–H groups in total. The number of anilines is 1. The molecule has 2 atom stereocenters. The molecule has 7 nitrogen and oxygen atoms in total. The van der Waals surface area contributed by atoms with Gasteiger partial charge in [0.25, 0.3) is 0 Å². The number of aliphatic hydroxyl groups excluding tert-OH is 1. The van der Waals surface area contributed by atoms with E-state index >= 15 is 0 Å². The Bertz CT molecular complexity index is 931. The van der Waals surface area contributed by atoms with E-state index in [4.69, 9.17) is 14.2 Å². The van der Waals surface area contributed by atoms with Crippen LogP contribution in [0.4, 0.5) is 5.69 Å². The van der Waals surface area contributed by atoms with Crippen LogP contribution >= 0.6 is 0 Å². The number of piperidine rings is 1. The SMILES string of the molecule is O=C1CCc2ccc(O[C@@H]3CCN(Cc4cccc5c4OCO5)C[C@H]3O)cc2N1. The number of ether oxygens (including phenoxy) is 3. The Balaban J connectivity index is 1.21. The Morgan fingerprint density at radius 3 is 3.03 bits per heavy atom. The van der Waals surface area contributed by atoms with Crippen molar-refractivity contribution in [2.75, 3.05) is 25.2 Å². The molecule has 7 heteroatoms. The van der Waals surface area contributed by atoms with E-state index in [9.17, 15) is 9.90 Å². The molecule has 29 heavy (non-hydrogen) atoms. The third-order valence-electron chi connectivity index (χ3n) is 5.74. The van der Waals surface area contributed by atoms with Gasteiger partial charge in [-0.2, -0.15) is 0 Å². The predicted octanol–water partition coefficient (Wildman–Crippen LogP) is 2.31. The Hall–Kier alpha value is -2.77.